The maximum Gasteiger partial charge on any atom is 0.0625 e. The molecule has 1 atom stereocenters. The van der Waals surface area contributed by atoms with Crippen molar-refractivity contribution < 1.29 is 0 Å². The average Bonchev–Trinajstić information content (AvgIpc) is 3.08. The van der Waals surface area contributed by atoms with Gasteiger partial charge in [0.1, 0.15) is 0 Å². The minimum absolute atomic E-state index is 0.475. The van der Waals surface area contributed by atoms with Crippen LogP contribution < -0.4 is 5.32 Å². The predicted molar refractivity (Wildman–Crippen MR) is 71.0 cm³/mol. The molecule has 0 saturated heterocycles. The molecule has 1 aromatic heterocycles. The van der Waals surface area contributed by atoms with Crippen molar-refractivity contribution in [3.05, 3.63) is 17.5 Å². The van der Waals surface area contributed by atoms with E-state index in [4.69, 9.17) is 0 Å². The van der Waals surface area contributed by atoms with E-state index < -0.39 is 0 Å². The number of hydrogen-bond acceptors (Lipinski definition) is 2. The van der Waals surface area contributed by atoms with Gasteiger partial charge in [-0.25, -0.2) is 0 Å². The lowest BCUT2D eigenvalue weighted by Crippen LogP contribution is -2.20. The van der Waals surface area contributed by atoms with E-state index in [1.807, 2.05) is 0 Å². The monoisotopic (exact) mass is 235 g/mol. The van der Waals surface area contributed by atoms with Crippen LogP contribution in [0, 0.1) is 5.92 Å². The Labute approximate surface area is 105 Å². The van der Waals surface area contributed by atoms with E-state index >= 15 is 0 Å². The molecule has 1 heterocycles. The lowest BCUT2D eigenvalue weighted by molar-refractivity contribution is 0.463. The van der Waals surface area contributed by atoms with Crippen molar-refractivity contribution in [2.75, 3.05) is 7.05 Å². The van der Waals surface area contributed by atoms with Crippen molar-refractivity contribution >= 4 is 0 Å². The first-order chi connectivity index (χ1) is 8.28. The molecule has 1 saturated carbocycles. The molecule has 17 heavy (non-hydrogen) atoms. The van der Waals surface area contributed by atoms with Gasteiger partial charge in [0.25, 0.3) is 0 Å². The van der Waals surface area contributed by atoms with Crippen LogP contribution in [0.1, 0.15) is 57.0 Å². The fourth-order valence-corrected chi connectivity index (χ4v) is 2.44. The van der Waals surface area contributed by atoms with Gasteiger partial charge in [0, 0.05) is 12.6 Å². The Morgan fingerprint density at radius 2 is 2.24 bits per heavy atom. The van der Waals surface area contributed by atoms with E-state index in [-0.39, 0.29) is 0 Å². The fourth-order valence-electron chi connectivity index (χ4n) is 2.44. The zero-order valence-corrected chi connectivity index (χ0v) is 11.4. The van der Waals surface area contributed by atoms with Gasteiger partial charge in [-0.2, -0.15) is 5.10 Å². The Morgan fingerprint density at radius 1 is 1.47 bits per heavy atom. The molecule has 1 aliphatic rings. The van der Waals surface area contributed by atoms with E-state index in [0.717, 1.165) is 18.9 Å². The normalized spacial score (nSPS) is 17.4. The van der Waals surface area contributed by atoms with Crippen molar-refractivity contribution in [3.8, 4) is 0 Å². The van der Waals surface area contributed by atoms with Crippen LogP contribution in [0.5, 0.6) is 0 Å². The van der Waals surface area contributed by atoms with Crippen LogP contribution in [0.25, 0.3) is 0 Å². The molecule has 1 fully saturated rings. The number of nitrogens with one attached hydrogen (secondary N) is 1. The first kappa shape index (κ1) is 12.6. The Balaban J connectivity index is 2.06. The second-order valence-electron chi connectivity index (χ2n) is 5.09. The predicted octanol–water partition coefficient (Wildman–Crippen LogP) is 2.92. The lowest BCUT2D eigenvalue weighted by Gasteiger charge is -2.17. The maximum atomic E-state index is 4.64. The molecule has 0 spiro atoms. The van der Waals surface area contributed by atoms with Crippen LogP contribution in [-0.2, 0) is 13.0 Å². The third kappa shape index (κ3) is 3.09. The van der Waals surface area contributed by atoms with Crippen LogP contribution in [-0.4, -0.2) is 16.8 Å². The number of aromatic nitrogens is 2. The van der Waals surface area contributed by atoms with Gasteiger partial charge in [-0.1, -0.05) is 19.8 Å². The largest absolute Gasteiger partial charge is 0.312 e. The van der Waals surface area contributed by atoms with Gasteiger partial charge in [-0.05, 0) is 45.2 Å². The summed E-state index contributed by atoms with van der Waals surface area (Å²) in [5.41, 5.74) is 2.58. The molecule has 1 N–H and O–H groups in total. The molecule has 0 aliphatic heterocycles. The molecule has 1 aliphatic carbocycles. The van der Waals surface area contributed by atoms with Crippen molar-refractivity contribution in [2.45, 2.75) is 58.5 Å². The molecule has 1 unspecified atom stereocenters. The molecular formula is C14H25N3. The first-order valence-corrected chi connectivity index (χ1v) is 7.02. The number of nitrogens with zero attached hydrogens (tertiary/aromatic N) is 2. The van der Waals surface area contributed by atoms with Gasteiger partial charge in [-0.15, -0.1) is 0 Å². The van der Waals surface area contributed by atoms with Gasteiger partial charge < -0.3 is 5.32 Å². The Hall–Kier alpha value is -0.830. The standard InChI is InChI=1S/C14H25N3/c1-4-12-10-14(17(5-2)16-12)13(15-3)9-8-11-6-7-11/h10-11,13,15H,4-9H2,1-3H3. The number of aryl methyl sites for hydroxylation is 2. The van der Waals surface area contributed by atoms with Gasteiger partial charge in [0.05, 0.1) is 11.4 Å². The Morgan fingerprint density at radius 3 is 2.76 bits per heavy atom. The summed E-state index contributed by atoms with van der Waals surface area (Å²) in [4.78, 5) is 0. The SMILES string of the molecule is CCc1cc(C(CCC2CC2)NC)n(CC)n1. The van der Waals surface area contributed by atoms with E-state index in [1.165, 1.54) is 37.1 Å². The first-order valence-electron chi connectivity index (χ1n) is 7.02. The summed E-state index contributed by atoms with van der Waals surface area (Å²) in [5.74, 6) is 1.01. The third-order valence-electron chi connectivity index (χ3n) is 3.79. The van der Waals surface area contributed by atoms with Crippen molar-refractivity contribution in [1.29, 1.82) is 0 Å². The third-order valence-corrected chi connectivity index (χ3v) is 3.79. The molecule has 0 radical (unpaired) electrons. The molecule has 96 valence electrons. The summed E-state index contributed by atoms with van der Waals surface area (Å²) < 4.78 is 2.16. The summed E-state index contributed by atoms with van der Waals surface area (Å²) in [6.45, 7) is 5.31. The van der Waals surface area contributed by atoms with Crippen molar-refractivity contribution in [2.24, 2.45) is 5.92 Å². The van der Waals surface area contributed by atoms with Crippen molar-refractivity contribution in [3.63, 3.8) is 0 Å². The zero-order valence-electron chi connectivity index (χ0n) is 11.4. The van der Waals surface area contributed by atoms with Gasteiger partial charge in [0.2, 0.25) is 0 Å². The maximum absolute atomic E-state index is 4.64. The minimum atomic E-state index is 0.475. The second-order valence-corrected chi connectivity index (χ2v) is 5.09. The highest BCUT2D eigenvalue weighted by molar-refractivity contribution is 5.14. The second kappa shape index (κ2) is 5.67. The highest BCUT2D eigenvalue weighted by atomic mass is 15.3. The Bertz CT molecular complexity index is 352. The molecule has 3 nitrogen and oxygen atoms in total. The van der Waals surface area contributed by atoms with Crippen LogP contribution in [0.2, 0.25) is 0 Å². The van der Waals surface area contributed by atoms with Gasteiger partial charge in [-0.3, -0.25) is 4.68 Å². The summed E-state index contributed by atoms with van der Waals surface area (Å²) in [5, 5.41) is 8.09. The molecule has 0 bridgehead atoms. The molecule has 0 amide bonds. The molecule has 2 rings (SSSR count). The summed E-state index contributed by atoms with van der Waals surface area (Å²) in [6, 6.07) is 2.75. The van der Waals surface area contributed by atoms with E-state index in [9.17, 15) is 0 Å². The van der Waals surface area contributed by atoms with E-state index in [2.05, 4.69) is 42.1 Å². The summed E-state index contributed by atoms with van der Waals surface area (Å²) in [7, 11) is 2.07. The summed E-state index contributed by atoms with van der Waals surface area (Å²) >= 11 is 0. The van der Waals surface area contributed by atoms with Crippen LogP contribution in [0.3, 0.4) is 0 Å². The Kier molecular flexibility index (Phi) is 4.21. The van der Waals surface area contributed by atoms with E-state index in [0.29, 0.717) is 6.04 Å². The molecule has 1 aromatic rings. The smallest absolute Gasteiger partial charge is 0.0625 e. The lowest BCUT2D eigenvalue weighted by atomic mass is 10.1. The molecule has 3 heteroatoms. The van der Waals surface area contributed by atoms with Crippen LogP contribution >= 0.6 is 0 Å². The van der Waals surface area contributed by atoms with Crippen LogP contribution in [0.15, 0.2) is 6.07 Å². The van der Waals surface area contributed by atoms with Gasteiger partial charge >= 0.3 is 0 Å². The topological polar surface area (TPSA) is 29.9 Å². The quantitative estimate of drug-likeness (QED) is 0.787. The average molecular weight is 235 g/mol. The number of rotatable bonds is 7. The van der Waals surface area contributed by atoms with Crippen molar-refractivity contribution in [1.82, 2.24) is 15.1 Å². The highest BCUT2D eigenvalue weighted by Crippen LogP contribution is 2.35. The fraction of sp³-hybridized carbons (Fsp3) is 0.786. The summed E-state index contributed by atoms with van der Waals surface area (Å²) in [6.07, 6.45) is 6.53. The molecule has 0 aromatic carbocycles. The highest BCUT2D eigenvalue weighted by Gasteiger charge is 2.24. The van der Waals surface area contributed by atoms with Crippen LogP contribution in [0.4, 0.5) is 0 Å². The molecular weight excluding hydrogens is 210 g/mol. The van der Waals surface area contributed by atoms with Gasteiger partial charge in [0.15, 0.2) is 0 Å². The minimum Gasteiger partial charge on any atom is -0.312 e. The van der Waals surface area contributed by atoms with E-state index in [1.54, 1.807) is 0 Å². The number of hydrogen-bond donors (Lipinski definition) is 1. The zero-order chi connectivity index (χ0) is 12.3.